The zero-order valence-corrected chi connectivity index (χ0v) is 27.0. The number of hydrogen-bond acceptors (Lipinski definition) is 9. The van der Waals surface area contributed by atoms with Crippen LogP contribution >= 0.6 is 46.5 Å². The molecule has 6 rings (SSSR count). The van der Waals surface area contributed by atoms with Crippen molar-refractivity contribution in [2.75, 3.05) is 29.2 Å². The number of thioether (sulfide) groups is 2. The zero-order chi connectivity index (χ0) is 31.2. The highest BCUT2D eigenvalue weighted by Gasteiger charge is 2.19. The number of anilines is 2. The Morgan fingerprint density at radius 2 is 1.60 bits per heavy atom. The first-order valence-corrected chi connectivity index (χ1v) is 16.8. The number of carbonyl (C=O) groups excluding carboxylic acids is 2. The van der Waals surface area contributed by atoms with Gasteiger partial charge in [0.05, 0.1) is 39.5 Å². The van der Waals surface area contributed by atoms with Crippen LogP contribution in [0.4, 0.5) is 11.4 Å². The van der Waals surface area contributed by atoms with Gasteiger partial charge in [0.25, 0.3) is 0 Å². The quantitative estimate of drug-likeness (QED) is 0.135. The highest BCUT2D eigenvalue weighted by Crippen LogP contribution is 2.33. The Kier molecular flexibility index (Phi) is 9.65. The molecule has 0 unspecified atom stereocenters. The van der Waals surface area contributed by atoms with E-state index in [0.29, 0.717) is 33.1 Å². The Balaban J connectivity index is 1.09. The largest absolute Gasteiger partial charge is 0.495 e. The fraction of sp³-hybridized carbons (Fsp3) is 0.0938. The Bertz CT molecular complexity index is 1980. The third kappa shape index (κ3) is 7.31. The van der Waals surface area contributed by atoms with Crippen LogP contribution in [0.2, 0.25) is 5.02 Å². The van der Waals surface area contributed by atoms with Crippen molar-refractivity contribution in [2.45, 2.75) is 9.50 Å². The van der Waals surface area contributed by atoms with E-state index >= 15 is 0 Å². The number of methoxy groups -OCH3 is 1. The molecule has 45 heavy (non-hydrogen) atoms. The maximum Gasteiger partial charge on any atom is 0.234 e. The van der Waals surface area contributed by atoms with Crippen LogP contribution in [0.1, 0.15) is 0 Å². The smallest absolute Gasteiger partial charge is 0.234 e. The Morgan fingerprint density at radius 1 is 0.867 bits per heavy atom. The lowest BCUT2D eigenvalue weighted by atomic mass is 10.2. The minimum absolute atomic E-state index is 0.122. The number of fused-ring (bicyclic) bond motifs is 1. The van der Waals surface area contributed by atoms with Crippen molar-refractivity contribution < 1.29 is 14.3 Å². The zero-order valence-electron chi connectivity index (χ0n) is 23.8. The standard InChI is InChI=1S/C32H25ClN6O3S3/c1-42-26-14-8-7-13-24(26)35-29(41)19-44-32-36-25-16-15-20(17-27(25)45-32)34-28(40)18-43-31-38-37-30(22-11-5-6-12-23(22)33)39(31)21-9-3-2-4-10-21/h2-17H,18-19H2,1H3,(H,34,40)(H,35,41). The molecule has 0 aliphatic heterocycles. The summed E-state index contributed by atoms with van der Waals surface area (Å²) >= 11 is 10.6. The van der Waals surface area contributed by atoms with Crippen LogP contribution in [0.5, 0.6) is 5.75 Å². The third-order valence-electron chi connectivity index (χ3n) is 6.46. The number of ether oxygens (including phenoxy) is 1. The van der Waals surface area contributed by atoms with E-state index in [2.05, 4.69) is 25.8 Å². The predicted molar refractivity (Wildman–Crippen MR) is 183 cm³/mol. The van der Waals surface area contributed by atoms with Crippen molar-refractivity contribution in [3.05, 3.63) is 102 Å². The van der Waals surface area contributed by atoms with Crippen LogP contribution in [0.25, 0.3) is 27.3 Å². The fourth-order valence-electron chi connectivity index (χ4n) is 4.42. The van der Waals surface area contributed by atoms with Gasteiger partial charge >= 0.3 is 0 Å². The first kappa shape index (κ1) is 30.7. The lowest BCUT2D eigenvalue weighted by Gasteiger charge is -2.11. The van der Waals surface area contributed by atoms with Gasteiger partial charge < -0.3 is 15.4 Å². The van der Waals surface area contributed by atoms with E-state index in [4.69, 9.17) is 16.3 Å². The van der Waals surface area contributed by atoms with Gasteiger partial charge in [-0.15, -0.1) is 21.5 Å². The molecule has 226 valence electrons. The molecule has 6 aromatic rings. The molecule has 0 aliphatic carbocycles. The molecule has 9 nitrogen and oxygen atoms in total. The van der Waals surface area contributed by atoms with Crippen molar-refractivity contribution in [1.29, 1.82) is 0 Å². The molecule has 0 bridgehead atoms. The topological polar surface area (TPSA) is 111 Å². The number of thiazole rings is 1. The molecular formula is C32H25ClN6O3S3. The van der Waals surface area contributed by atoms with Gasteiger partial charge in [0.2, 0.25) is 11.8 Å². The van der Waals surface area contributed by atoms with Gasteiger partial charge in [0.15, 0.2) is 15.3 Å². The Labute approximate surface area is 276 Å². The van der Waals surface area contributed by atoms with Crippen molar-refractivity contribution in [3.8, 4) is 22.8 Å². The molecule has 0 atom stereocenters. The maximum atomic E-state index is 13.0. The van der Waals surface area contributed by atoms with Crippen LogP contribution in [0, 0.1) is 0 Å². The molecular weight excluding hydrogens is 648 g/mol. The molecule has 0 aliphatic rings. The van der Waals surface area contributed by atoms with Crippen molar-refractivity contribution in [3.63, 3.8) is 0 Å². The first-order valence-electron chi connectivity index (χ1n) is 13.6. The first-order chi connectivity index (χ1) is 22.0. The number of carbonyl (C=O) groups is 2. The second kappa shape index (κ2) is 14.2. The van der Waals surface area contributed by atoms with E-state index in [1.165, 1.54) is 34.9 Å². The number of hydrogen-bond donors (Lipinski definition) is 2. The SMILES string of the molecule is COc1ccccc1NC(=O)CSc1nc2ccc(NC(=O)CSc3nnc(-c4ccccc4Cl)n3-c3ccccc3)cc2s1. The van der Waals surface area contributed by atoms with E-state index in [-0.39, 0.29) is 23.3 Å². The summed E-state index contributed by atoms with van der Waals surface area (Å²) in [7, 11) is 1.56. The summed E-state index contributed by atoms with van der Waals surface area (Å²) in [6.45, 7) is 0. The number of halogens is 1. The molecule has 2 amide bonds. The molecule has 0 saturated carbocycles. The number of nitrogens with zero attached hydrogens (tertiary/aromatic N) is 4. The highest BCUT2D eigenvalue weighted by atomic mass is 35.5. The van der Waals surface area contributed by atoms with Crippen molar-refractivity contribution >= 4 is 79.9 Å². The number of aromatic nitrogens is 4. The van der Waals surface area contributed by atoms with Crippen molar-refractivity contribution in [2.24, 2.45) is 0 Å². The maximum absolute atomic E-state index is 13.0. The van der Waals surface area contributed by atoms with Crippen LogP contribution in [-0.2, 0) is 9.59 Å². The molecule has 2 N–H and O–H groups in total. The van der Waals surface area contributed by atoms with Gasteiger partial charge in [0.1, 0.15) is 5.75 Å². The lowest BCUT2D eigenvalue weighted by Crippen LogP contribution is -2.14. The molecule has 0 saturated heterocycles. The molecule has 0 radical (unpaired) electrons. The minimum atomic E-state index is -0.187. The number of amides is 2. The molecule has 2 aromatic heterocycles. The summed E-state index contributed by atoms with van der Waals surface area (Å²) in [5.41, 5.74) is 3.68. The van der Waals surface area contributed by atoms with Gasteiger partial charge in [-0.1, -0.05) is 77.6 Å². The second-order valence-corrected chi connectivity index (χ2v) is 13.1. The van der Waals surface area contributed by atoms with Crippen LogP contribution in [0.3, 0.4) is 0 Å². The molecule has 0 spiro atoms. The van der Waals surface area contributed by atoms with Crippen LogP contribution in [0.15, 0.2) is 107 Å². The van der Waals surface area contributed by atoms with Crippen LogP contribution < -0.4 is 15.4 Å². The number of benzene rings is 4. The Hall–Kier alpha value is -4.36. The van der Waals surface area contributed by atoms with E-state index in [0.717, 1.165) is 25.8 Å². The summed E-state index contributed by atoms with van der Waals surface area (Å²) in [4.78, 5) is 30.1. The highest BCUT2D eigenvalue weighted by molar-refractivity contribution is 8.01. The van der Waals surface area contributed by atoms with Gasteiger partial charge in [-0.3, -0.25) is 14.2 Å². The number of nitrogens with one attached hydrogen (secondary N) is 2. The molecule has 2 heterocycles. The van der Waals surface area contributed by atoms with E-state index < -0.39 is 0 Å². The van der Waals surface area contributed by atoms with Crippen LogP contribution in [-0.4, -0.2) is 50.2 Å². The summed E-state index contributed by atoms with van der Waals surface area (Å²) in [5, 5.41) is 15.8. The lowest BCUT2D eigenvalue weighted by molar-refractivity contribution is -0.114. The monoisotopic (exact) mass is 672 g/mol. The summed E-state index contributed by atoms with van der Waals surface area (Å²) in [5.74, 6) is 1.17. The normalized spacial score (nSPS) is 11.0. The Morgan fingerprint density at radius 3 is 2.42 bits per heavy atom. The van der Waals surface area contributed by atoms with E-state index in [1.54, 1.807) is 19.2 Å². The van der Waals surface area contributed by atoms with Crippen molar-refractivity contribution in [1.82, 2.24) is 19.7 Å². The second-order valence-electron chi connectivity index (χ2n) is 9.49. The average Bonchev–Trinajstić information content (AvgIpc) is 3.67. The van der Waals surface area contributed by atoms with Gasteiger partial charge in [-0.25, -0.2) is 4.98 Å². The average molecular weight is 673 g/mol. The summed E-state index contributed by atoms with van der Waals surface area (Å²) < 4.78 is 8.86. The van der Waals surface area contributed by atoms with E-state index in [1.807, 2.05) is 89.5 Å². The van der Waals surface area contributed by atoms with E-state index in [9.17, 15) is 9.59 Å². The number of rotatable bonds is 11. The predicted octanol–water partition coefficient (Wildman–Crippen LogP) is 7.67. The molecule has 13 heteroatoms. The molecule has 4 aromatic carbocycles. The van der Waals surface area contributed by atoms with Gasteiger partial charge in [-0.05, 0) is 54.6 Å². The summed E-state index contributed by atoms with van der Waals surface area (Å²) in [6, 6.07) is 30.0. The fourth-order valence-corrected chi connectivity index (χ4v) is 7.30. The van der Waals surface area contributed by atoms with Gasteiger partial charge in [-0.2, -0.15) is 0 Å². The third-order valence-corrected chi connectivity index (χ3v) is 9.87. The summed E-state index contributed by atoms with van der Waals surface area (Å²) in [6.07, 6.45) is 0. The number of para-hydroxylation sites is 3. The minimum Gasteiger partial charge on any atom is -0.495 e. The van der Waals surface area contributed by atoms with Gasteiger partial charge in [0, 0.05) is 16.9 Å². The molecule has 0 fully saturated rings.